The van der Waals surface area contributed by atoms with E-state index in [0.717, 1.165) is 13.6 Å². The Morgan fingerprint density at radius 2 is 1.52 bits per heavy atom. The van der Waals surface area contributed by atoms with E-state index in [-0.39, 0.29) is 12.5 Å². The quantitative estimate of drug-likeness (QED) is 0.308. The monoisotopic (exact) mass is 553 g/mol. The highest BCUT2D eigenvalue weighted by molar-refractivity contribution is 14.1. The minimum Gasteiger partial charge on any atom is -0.444 e. The van der Waals surface area contributed by atoms with Crippen molar-refractivity contribution < 1.29 is 19.1 Å². The van der Waals surface area contributed by atoms with Crippen LogP contribution in [0.5, 0.6) is 0 Å². The lowest BCUT2D eigenvalue weighted by Gasteiger charge is -2.22. The summed E-state index contributed by atoms with van der Waals surface area (Å²) in [4.78, 5) is 28.4. The molecule has 0 radical (unpaired) electrons. The lowest BCUT2D eigenvalue weighted by Crippen LogP contribution is -2.47. The number of amides is 2. The van der Waals surface area contributed by atoms with Gasteiger partial charge in [-0.05, 0) is 87.9 Å². The van der Waals surface area contributed by atoms with E-state index in [1.54, 1.807) is 41.5 Å². The van der Waals surface area contributed by atoms with Crippen molar-refractivity contribution in [3.63, 3.8) is 0 Å². The Morgan fingerprint density at radius 1 is 1.04 bits per heavy atom. The van der Waals surface area contributed by atoms with Crippen LogP contribution in [0, 0.1) is 3.57 Å². The van der Waals surface area contributed by atoms with Gasteiger partial charge in [0.15, 0.2) is 0 Å². The summed E-state index contributed by atoms with van der Waals surface area (Å²) in [5, 5.41) is 4.91. The number of aliphatic imine (C=N–C) groups is 1. The topological polar surface area (TPSA) is 89.0 Å². The average molecular weight is 554 g/mol. The molecule has 0 bridgehead atoms. The molecule has 0 fully saturated rings. The second-order valence-corrected chi connectivity index (χ2v) is 9.73. The zero-order chi connectivity index (χ0) is 20.8. The number of nitrogens with zero attached hydrogens (tertiary/aromatic N) is 1. The molecule has 1 aromatic rings. The third-order valence-corrected chi connectivity index (χ3v) is 4.20. The van der Waals surface area contributed by atoms with Gasteiger partial charge in [-0.15, -0.1) is 0 Å². The average Bonchev–Trinajstić information content (AvgIpc) is 2.43. The van der Waals surface area contributed by atoms with Gasteiger partial charge in [0.1, 0.15) is 11.2 Å². The molecule has 150 valence electrons. The van der Waals surface area contributed by atoms with E-state index >= 15 is 0 Å². The van der Waals surface area contributed by atoms with Crippen molar-refractivity contribution >= 4 is 56.7 Å². The molecular formula is C18H25BrIN3O4. The number of ether oxygens (including phenoxy) is 2. The van der Waals surface area contributed by atoms with Crippen molar-refractivity contribution in [2.75, 3.05) is 0 Å². The Bertz CT molecular complexity index is 692. The largest absolute Gasteiger partial charge is 0.444 e. The van der Waals surface area contributed by atoms with Crippen LogP contribution in [0.3, 0.4) is 0 Å². The molecule has 27 heavy (non-hydrogen) atoms. The summed E-state index contributed by atoms with van der Waals surface area (Å²) in [5.74, 6) is -0.0470. The molecule has 0 aromatic heterocycles. The summed E-state index contributed by atoms with van der Waals surface area (Å²) < 4.78 is 12.3. The first-order valence-electron chi connectivity index (χ1n) is 8.23. The van der Waals surface area contributed by atoms with Crippen molar-refractivity contribution in [2.45, 2.75) is 59.3 Å². The van der Waals surface area contributed by atoms with E-state index < -0.39 is 23.4 Å². The first kappa shape index (κ1) is 23.7. The Balaban J connectivity index is 2.96. The SMILES string of the molecule is CC(C)(C)OC(=O)NC(=NCc1cc(Br)ccc1I)NC(=O)OC(C)(C)C. The van der Waals surface area contributed by atoms with Gasteiger partial charge in [-0.2, -0.15) is 0 Å². The summed E-state index contributed by atoms with van der Waals surface area (Å²) in [6, 6.07) is 5.79. The van der Waals surface area contributed by atoms with Crippen LogP contribution in [0.4, 0.5) is 9.59 Å². The first-order chi connectivity index (χ1) is 12.2. The van der Waals surface area contributed by atoms with E-state index in [1.807, 2.05) is 18.2 Å². The molecule has 0 aliphatic heterocycles. The van der Waals surface area contributed by atoms with Crippen molar-refractivity contribution in [3.8, 4) is 0 Å². The van der Waals surface area contributed by atoms with Gasteiger partial charge in [-0.3, -0.25) is 10.6 Å². The van der Waals surface area contributed by atoms with Crippen LogP contribution in [-0.4, -0.2) is 29.3 Å². The fourth-order valence-electron chi connectivity index (χ4n) is 1.74. The minimum atomic E-state index is -0.721. The number of nitrogens with one attached hydrogen (secondary N) is 2. The highest BCUT2D eigenvalue weighted by Gasteiger charge is 2.21. The molecule has 9 heteroatoms. The van der Waals surface area contributed by atoms with E-state index in [1.165, 1.54) is 0 Å². The summed E-state index contributed by atoms with van der Waals surface area (Å²) in [5.41, 5.74) is -0.430. The van der Waals surface area contributed by atoms with Gasteiger partial charge < -0.3 is 9.47 Å². The minimum absolute atomic E-state index is 0.0470. The van der Waals surface area contributed by atoms with Crippen LogP contribution in [0.1, 0.15) is 47.1 Å². The molecule has 0 atom stereocenters. The van der Waals surface area contributed by atoms with Crippen molar-refractivity contribution in [1.82, 2.24) is 10.6 Å². The molecule has 0 saturated carbocycles. The molecule has 0 spiro atoms. The molecule has 1 rings (SSSR count). The number of rotatable bonds is 2. The summed E-state index contributed by atoms with van der Waals surface area (Å²) in [7, 11) is 0. The number of hydrogen-bond donors (Lipinski definition) is 2. The summed E-state index contributed by atoms with van der Waals surface area (Å²) in [6.07, 6.45) is -1.44. The molecule has 0 heterocycles. The third kappa shape index (κ3) is 10.5. The molecule has 2 N–H and O–H groups in total. The Labute approximate surface area is 181 Å². The maximum atomic E-state index is 12.1. The van der Waals surface area contributed by atoms with Crippen LogP contribution in [-0.2, 0) is 16.0 Å². The number of guanidine groups is 1. The molecular weight excluding hydrogens is 529 g/mol. The van der Waals surface area contributed by atoms with Crippen LogP contribution >= 0.6 is 38.5 Å². The number of carbonyl (C=O) groups is 2. The van der Waals surface area contributed by atoms with Crippen molar-refractivity contribution in [2.24, 2.45) is 4.99 Å². The third-order valence-electron chi connectivity index (χ3n) is 2.65. The Kier molecular flexibility index (Phi) is 8.52. The molecule has 0 aliphatic carbocycles. The van der Waals surface area contributed by atoms with Gasteiger partial charge in [0.05, 0.1) is 6.54 Å². The molecule has 0 aliphatic rings. The standard InChI is InChI=1S/C18H25BrIN3O4/c1-17(2,3)26-15(24)22-14(23-16(25)27-18(4,5)6)21-10-11-9-12(19)7-8-13(11)20/h7-9H,10H2,1-6H3,(H2,21,22,23,24,25). The number of benzene rings is 1. The van der Waals surface area contributed by atoms with Gasteiger partial charge in [0.2, 0.25) is 5.96 Å². The molecule has 2 amide bonds. The first-order valence-corrected chi connectivity index (χ1v) is 10.1. The zero-order valence-electron chi connectivity index (χ0n) is 16.3. The van der Waals surface area contributed by atoms with Crippen LogP contribution in [0.2, 0.25) is 0 Å². The lowest BCUT2D eigenvalue weighted by atomic mass is 10.2. The van der Waals surface area contributed by atoms with E-state index in [9.17, 15) is 9.59 Å². The summed E-state index contributed by atoms with van der Waals surface area (Å²) in [6.45, 7) is 10.7. The van der Waals surface area contributed by atoms with Crippen LogP contribution in [0.15, 0.2) is 27.7 Å². The molecule has 1 aromatic carbocycles. The van der Waals surface area contributed by atoms with Gasteiger partial charge in [0, 0.05) is 8.04 Å². The fourth-order valence-corrected chi connectivity index (χ4v) is 2.65. The predicted octanol–water partition coefficient (Wildman–Crippen LogP) is 4.96. The molecule has 7 nitrogen and oxygen atoms in total. The van der Waals surface area contributed by atoms with E-state index in [4.69, 9.17) is 9.47 Å². The van der Waals surface area contributed by atoms with Crippen molar-refractivity contribution in [3.05, 3.63) is 31.8 Å². The van der Waals surface area contributed by atoms with E-state index in [0.29, 0.717) is 0 Å². The van der Waals surface area contributed by atoms with Crippen LogP contribution < -0.4 is 10.6 Å². The van der Waals surface area contributed by atoms with Gasteiger partial charge in [0.25, 0.3) is 0 Å². The second-order valence-electron chi connectivity index (χ2n) is 7.65. The summed E-state index contributed by atoms with van der Waals surface area (Å²) >= 11 is 5.61. The lowest BCUT2D eigenvalue weighted by molar-refractivity contribution is 0.0545. The number of hydrogen-bond acceptors (Lipinski definition) is 5. The van der Waals surface area contributed by atoms with Gasteiger partial charge in [-0.25, -0.2) is 14.6 Å². The Morgan fingerprint density at radius 3 is 1.96 bits per heavy atom. The normalized spacial score (nSPS) is 11.4. The zero-order valence-corrected chi connectivity index (χ0v) is 20.0. The number of carbonyl (C=O) groups excluding carboxylic acids is 2. The van der Waals surface area contributed by atoms with E-state index in [2.05, 4.69) is 54.1 Å². The second kappa shape index (κ2) is 9.72. The van der Waals surface area contributed by atoms with Crippen molar-refractivity contribution in [1.29, 1.82) is 0 Å². The van der Waals surface area contributed by atoms with Gasteiger partial charge in [-0.1, -0.05) is 15.9 Å². The van der Waals surface area contributed by atoms with Crippen LogP contribution in [0.25, 0.3) is 0 Å². The maximum Gasteiger partial charge on any atom is 0.414 e. The highest BCUT2D eigenvalue weighted by atomic mass is 127. The smallest absolute Gasteiger partial charge is 0.414 e. The van der Waals surface area contributed by atoms with Gasteiger partial charge >= 0.3 is 12.2 Å². The fraction of sp³-hybridized carbons (Fsp3) is 0.500. The number of halogens is 2. The highest BCUT2D eigenvalue weighted by Crippen LogP contribution is 2.19. The molecule has 0 unspecified atom stereocenters. The number of alkyl carbamates (subject to hydrolysis) is 2. The predicted molar refractivity (Wildman–Crippen MR) is 117 cm³/mol. The Hall–Kier alpha value is -1.36. The maximum absolute atomic E-state index is 12.1. The molecule has 0 saturated heterocycles.